The molecule has 0 radical (unpaired) electrons. The third-order valence-corrected chi connectivity index (χ3v) is 5.02. The third kappa shape index (κ3) is 4.40. The molecule has 146 valence electrons. The van der Waals surface area contributed by atoms with Crippen LogP contribution in [0.25, 0.3) is 0 Å². The number of nitrogens with one attached hydrogen (secondary N) is 1. The first-order valence-electron chi connectivity index (χ1n) is 9.82. The molecule has 0 saturated carbocycles. The maximum atomic E-state index is 12.4. The normalized spacial score (nSPS) is 13.9. The molecular weight excluding hydrogens is 342 g/mol. The van der Waals surface area contributed by atoms with Gasteiger partial charge in [-0.1, -0.05) is 6.42 Å². The molecule has 7 heteroatoms. The Kier molecular flexibility index (Phi) is 5.98. The number of fused-ring (bicyclic) bond motifs is 1. The Labute approximate surface area is 160 Å². The van der Waals surface area contributed by atoms with E-state index < -0.39 is 0 Å². The molecule has 1 N–H and O–H groups in total. The van der Waals surface area contributed by atoms with Gasteiger partial charge in [-0.25, -0.2) is 9.48 Å². The van der Waals surface area contributed by atoms with Crippen molar-refractivity contribution in [3.63, 3.8) is 0 Å². The fourth-order valence-corrected chi connectivity index (χ4v) is 3.65. The minimum Gasteiger partial charge on any atom is -0.369 e. The monoisotopic (exact) mass is 371 g/mol. The molecule has 7 nitrogen and oxygen atoms in total. The van der Waals surface area contributed by atoms with Crippen LogP contribution in [0, 0.1) is 0 Å². The number of benzene rings is 1. The zero-order valence-corrected chi connectivity index (χ0v) is 16.4. The Balaban J connectivity index is 1.65. The van der Waals surface area contributed by atoms with E-state index in [0.717, 1.165) is 49.4 Å². The van der Waals surface area contributed by atoms with Crippen LogP contribution in [0.2, 0.25) is 0 Å². The maximum Gasteiger partial charge on any atom is 0.346 e. The first kappa shape index (κ1) is 19.2. The number of carbonyl (C=O) groups is 1. The van der Waals surface area contributed by atoms with Gasteiger partial charge in [0.25, 0.3) is 0 Å². The van der Waals surface area contributed by atoms with Crippen LogP contribution in [-0.4, -0.2) is 32.8 Å². The summed E-state index contributed by atoms with van der Waals surface area (Å²) in [5.41, 5.74) is 1.66. The minimum absolute atomic E-state index is 0.0618. The van der Waals surface area contributed by atoms with E-state index in [-0.39, 0.29) is 18.1 Å². The summed E-state index contributed by atoms with van der Waals surface area (Å²) in [7, 11) is 0. The average Bonchev–Trinajstić information content (AvgIpc) is 2.80. The van der Waals surface area contributed by atoms with Gasteiger partial charge in [0.1, 0.15) is 12.4 Å². The second-order valence-corrected chi connectivity index (χ2v) is 7.29. The smallest absolute Gasteiger partial charge is 0.346 e. The lowest BCUT2D eigenvalue weighted by molar-refractivity contribution is -0.117. The summed E-state index contributed by atoms with van der Waals surface area (Å²) in [5, 5.41) is 7.22. The molecule has 1 aliphatic heterocycles. The van der Waals surface area contributed by atoms with Crippen molar-refractivity contribution in [2.75, 3.05) is 16.8 Å². The molecule has 0 spiro atoms. The highest BCUT2D eigenvalue weighted by molar-refractivity contribution is 5.90. The zero-order valence-electron chi connectivity index (χ0n) is 16.4. The highest BCUT2D eigenvalue weighted by atomic mass is 16.2. The topological polar surface area (TPSA) is 72.2 Å². The van der Waals surface area contributed by atoms with Gasteiger partial charge < -0.3 is 10.2 Å². The van der Waals surface area contributed by atoms with Gasteiger partial charge in [0.15, 0.2) is 0 Å². The van der Waals surface area contributed by atoms with Crippen molar-refractivity contribution in [3.8, 4) is 0 Å². The highest BCUT2D eigenvalue weighted by Gasteiger charge is 2.17. The summed E-state index contributed by atoms with van der Waals surface area (Å²) in [6.45, 7) is 8.00. The van der Waals surface area contributed by atoms with Crippen LogP contribution in [0.3, 0.4) is 0 Å². The first-order valence-corrected chi connectivity index (χ1v) is 9.82. The number of carbonyl (C=O) groups excluding carboxylic acids is 1. The van der Waals surface area contributed by atoms with Crippen molar-refractivity contribution in [2.45, 2.75) is 65.6 Å². The van der Waals surface area contributed by atoms with E-state index in [1.807, 2.05) is 24.3 Å². The van der Waals surface area contributed by atoms with Gasteiger partial charge in [-0.2, -0.15) is 5.10 Å². The van der Waals surface area contributed by atoms with E-state index in [0.29, 0.717) is 12.6 Å². The van der Waals surface area contributed by atoms with Crippen LogP contribution in [0.4, 0.5) is 11.4 Å². The fraction of sp³-hybridized carbons (Fsp3) is 0.550. The Morgan fingerprint density at radius 1 is 1.22 bits per heavy atom. The molecule has 0 aliphatic carbocycles. The summed E-state index contributed by atoms with van der Waals surface area (Å²) in [6, 6.07) is 8.21. The predicted octanol–water partition coefficient (Wildman–Crippen LogP) is 2.64. The molecule has 0 atom stereocenters. The van der Waals surface area contributed by atoms with E-state index in [9.17, 15) is 9.59 Å². The third-order valence-electron chi connectivity index (χ3n) is 5.02. The van der Waals surface area contributed by atoms with E-state index in [1.165, 1.54) is 4.68 Å². The highest BCUT2D eigenvalue weighted by Crippen LogP contribution is 2.20. The fourth-order valence-electron chi connectivity index (χ4n) is 3.65. The molecule has 1 aliphatic rings. The number of aryl methyl sites for hydroxylation is 1. The van der Waals surface area contributed by atoms with Gasteiger partial charge >= 0.3 is 5.69 Å². The summed E-state index contributed by atoms with van der Waals surface area (Å²) < 4.78 is 2.99. The van der Waals surface area contributed by atoms with Crippen LogP contribution < -0.4 is 15.9 Å². The first-order chi connectivity index (χ1) is 13.0. The molecule has 1 aromatic heterocycles. The van der Waals surface area contributed by atoms with Gasteiger partial charge in [-0.15, -0.1) is 0 Å². The zero-order chi connectivity index (χ0) is 19.4. The molecule has 1 aromatic carbocycles. The van der Waals surface area contributed by atoms with Crippen molar-refractivity contribution in [1.29, 1.82) is 0 Å². The van der Waals surface area contributed by atoms with Gasteiger partial charge in [0, 0.05) is 36.9 Å². The van der Waals surface area contributed by atoms with Crippen LogP contribution in [0.5, 0.6) is 0 Å². The van der Waals surface area contributed by atoms with Crippen LogP contribution >= 0.6 is 0 Å². The Hall–Kier alpha value is -2.57. The molecule has 0 bridgehead atoms. The van der Waals surface area contributed by atoms with Crippen LogP contribution in [0.1, 0.15) is 45.9 Å². The van der Waals surface area contributed by atoms with E-state index in [1.54, 1.807) is 4.57 Å². The van der Waals surface area contributed by atoms with Gasteiger partial charge in [-0.3, -0.25) is 9.36 Å². The minimum atomic E-state index is -0.241. The summed E-state index contributed by atoms with van der Waals surface area (Å²) in [5.74, 6) is 0.553. The Bertz CT molecular complexity index is 835. The van der Waals surface area contributed by atoms with E-state index in [2.05, 4.69) is 36.1 Å². The number of hydrogen-bond acceptors (Lipinski definition) is 4. The molecule has 1 amide bonds. The molecule has 27 heavy (non-hydrogen) atoms. The molecular formula is C20H29N5O2. The molecule has 2 aromatic rings. The molecule has 0 fully saturated rings. The predicted molar refractivity (Wildman–Crippen MR) is 107 cm³/mol. The average molecular weight is 371 g/mol. The molecule has 0 unspecified atom stereocenters. The van der Waals surface area contributed by atoms with Crippen molar-refractivity contribution in [1.82, 2.24) is 14.3 Å². The number of amides is 1. The quantitative estimate of drug-likeness (QED) is 0.847. The van der Waals surface area contributed by atoms with Crippen molar-refractivity contribution < 1.29 is 4.79 Å². The standard InChI is InChI=1S/C20H29N5O2/c1-4-23(15(2)3)17-11-9-16(10-12-17)21-19(26)14-25-20(27)24-13-7-5-6-8-18(24)22-25/h9-12,15H,4-8,13-14H2,1-3H3,(H,21,26). The lowest BCUT2D eigenvalue weighted by Gasteiger charge is -2.27. The van der Waals surface area contributed by atoms with E-state index in [4.69, 9.17) is 0 Å². The van der Waals surface area contributed by atoms with Crippen LogP contribution in [0.15, 0.2) is 29.1 Å². The number of rotatable bonds is 6. The van der Waals surface area contributed by atoms with Crippen molar-refractivity contribution in [2.24, 2.45) is 0 Å². The van der Waals surface area contributed by atoms with Gasteiger partial charge in [0.05, 0.1) is 0 Å². The lowest BCUT2D eigenvalue weighted by Crippen LogP contribution is -2.30. The summed E-state index contributed by atoms with van der Waals surface area (Å²) in [6.07, 6.45) is 3.95. The second kappa shape index (κ2) is 8.41. The molecule has 2 heterocycles. The Morgan fingerprint density at radius 2 is 1.96 bits per heavy atom. The maximum absolute atomic E-state index is 12.4. The van der Waals surface area contributed by atoms with Crippen molar-refractivity contribution in [3.05, 3.63) is 40.6 Å². The Morgan fingerprint density at radius 3 is 2.63 bits per heavy atom. The molecule has 0 saturated heterocycles. The molecule has 3 rings (SSSR count). The second-order valence-electron chi connectivity index (χ2n) is 7.29. The number of hydrogen-bond donors (Lipinski definition) is 1. The van der Waals surface area contributed by atoms with Gasteiger partial charge in [0.2, 0.25) is 5.91 Å². The number of anilines is 2. The van der Waals surface area contributed by atoms with Gasteiger partial charge in [-0.05, 0) is 57.9 Å². The SMILES string of the molecule is CCN(c1ccc(NC(=O)Cn2nc3n(c2=O)CCCCC3)cc1)C(C)C. The number of aromatic nitrogens is 3. The summed E-state index contributed by atoms with van der Waals surface area (Å²) in [4.78, 5) is 27.1. The lowest BCUT2D eigenvalue weighted by atomic mass is 10.2. The van der Waals surface area contributed by atoms with Crippen molar-refractivity contribution >= 4 is 17.3 Å². The summed E-state index contributed by atoms with van der Waals surface area (Å²) >= 11 is 0. The van der Waals surface area contributed by atoms with Crippen LogP contribution in [-0.2, 0) is 24.3 Å². The number of nitrogens with zero attached hydrogens (tertiary/aromatic N) is 4. The van der Waals surface area contributed by atoms with E-state index >= 15 is 0 Å². The largest absolute Gasteiger partial charge is 0.369 e.